The molecule has 0 aliphatic carbocycles. The number of nitrogens with zero attached hydrogens (tertiary/aromatic N) is 2. The van der Waals surface area contributed by atoms with E-state index < -0.39 is 0 Å². The third-order valence-corrected chi connectivity index (χ3v) is 2.08. The predicted octanol–water partition coefficient (Wildman–Crippen LogP) is 0.398. The number of amides is 1. The summed E-state index contributed by atoms with van der Waals surface area (Å²) in [6.07, 6.45) is 0.539. The van der Waals surface area contributed by atoms with Crippen molar-refractivity contribution in [3.8, 4) is 6.07 Å². The Kier molecular flexibility index (Phi) is 2.44. The van der Waals surface area contributed by atoms with E-state index >= 15 is 0 Å². The molecule has 0 aromatic heterocycles. The van der Waals surface area contributed by atoms with Gasteiger partial charge in [0.1, 0.15) is 5.92 Å². The molecular formula is C8H11N3O. The second-order valence-electron chi connectivity index (χ2n) is 2.92. The minimum absolute atomic E-state index is 0.0113. The molecule has 0 saturated carbocycles. The first-order chi connectivity index (χ1) is 5.65. The normalized spacial score (nSPS) is 23.5. The zero-order valence-electron chi connectivity index (χ0n) is 7.00. The highest BCUT2D eigenvalue weighted by molar-refractivity contribution is 5.88. The van der Waals surface area contributed by atoms with Crippen molar-refractivity contribution in [2.24, 2.45) is 5.92 Å². The zero-order chi connectivity index (χ0) is 9.14. The molecule has 1 N–H and O–H groups in total. The summed E-state index contributed by atoms with van der Waals surface area (Å²) in [4.78, 5) is 12.5. The van der Waals surface area contributed by atoms with E-state index in [4.69, 9.17) is 10.7 Å². The van der Waals surface area contributed by atoms with E-state index in [1.54, 1.807) is 4.90 Å². The third kappa shape index (κ3) is 1.62. The van der Waals surface area contributed by atoms with Crippen LogP contribution in [-0.4, -0.2) is 29.6 Å². The van der Waals surface area contributed by atoms with Crippen LogP contribution >= 0.6 is 0 Å². The molecule has 0 aromatic carbocycles. The van der Waals surface area contributed by atoms with Crippen LogP contribution in [-0.2, 0) is 4.79 Å². The van der Waals surface area contributed by atoms with Gasteiger partial charge in [-0.3, -0.25) is 4.79 Å². The maximum Gasteiger partial charge on any atom is 0.219 e. The summed E-state index contributed by atoms with van der Waals surface area (Å²) < 4.78 is 0. The van der Waals surface area contributed by atoms with E-state index in [1.807, 2.05) is 6.07 Å². The Hall–Kier alpha value is -1.37. The number of piperidine rings is 1. The Bertz CT molecular complexity index is 254. The van der Waals surface area contributed by atoms with Gasteiger partial charge in [0.2, 0.25) is 5.91 Å². The van der Waals surface area contributed by atoms with Crippen molar-refractivity contribution >= 4 is 11.6 Å². The monoisotopic (exact) mass is 165 g/mol. The van der Waals surface area contributed by atoms with Crippen molar-refractivity contribution in [3.63, 3.8) is 0 Å². The predicted molar refractivity (Wildman–Crippen MR) is 43.7 cm³/mol. The summed E-state index contributed by atoms with van der Waals surface area (Å²) in [7, 11) is 0. The topological polar surface area (TPSA) is 68.0 Å². The van der Waals surface area contributed by atoms with Gasteiger partial charge < -0.3 is 10.3 Å². The number of rotatable bonds is 0. The van der Waals surface area contributed by atoms with Crippen LogP contribution in [0.1, 0.15) is 13.3 Å². The number of likely N-dealkylation sites (tertiary alicyclic amines) is 1. The number of nitriles is 1. The Morgan fingerprint density at radius 2 is 2.50 bits per heavy atom. The fourth-order valence-corrected chi connectivity index (χ4v) is 1.26. The van der Waals surface area contributed by atoms with Crippen LogP contribution in [0.3, 0.4) is 0 Å². The lowest BCUT2D eigenvalue weighted by Crippen LogP contribution is -2.42. The highest BCUT2D eigenvalue weighted by Gasteiger charge is 2.25. The summed E-state index contributed by atoms with van der Waals surface area (Å²) in [5, 5.41) is 16.0. The lowest BCUT2D eigenvalue weighted by Gasteiger charge is -2.29. The molecule has 0 radical (unpaired) electrons. The molecule has 12 heavy (non-hydrogen) atoms. The molecule has 64 valence electrons. The van der Waals surface area contributed by atoms with Gasteiger partial charge in [-0.2, -0.15) is 5.26 Å². The van der Waals surface area contributed by atoms with Crippen molar-refractivity contribution < 1.29 is 4.79 Å². The standard InChI is InChI=1S/C8H11N3O/c1-6(12)11-3-2-8(10)7(4-9)5-11/h7,10H,2-3,5H2,1H3. The smallest absolute Gasteiger partial charge is 0.219 e. The number of nitrogens with one attached hydrogen (secondary N) is 1. The van der Waals surface area contributed by atoms with Gasteiger partial charge in [0.05, 0.1) is 6.07 Å². The lowest BCUT2D eigenvalue weighted by molar-refractivity contribution is -0.129. The molecule has 1 heterocycles. The number of carbonyl (C=O) groups excluding carboxylic acids is 1. The van der Waals surface area contributed by atoms with E-state index in [9.17, 15) is 4.79 Å². The maximum absolute atomic E-state index is 10.9. The van der Waals surface area contributed by atoms with Crippen molar-refractivity contribution in [2.45, 2.75) is 13.3 Å². The van der Waals surface area contributed by atoms with Gasteiger partial charge in [0, 0.05) is 32.1 Å². The average Bonchev–Trinajstić information content (AvgIpc) is 2.05. The van der Waals surface area contributed by atoms with Crippen LogP contribution in [0.2, 0.25) is 0 Å². The summed E-state index contributed by atoms with van der Waals surface area (Å²) in [5.74, 6) is -0.398. The zero-order valence-corrected chi connectivity index (χ0v) is 7.00. The van der Waals surface area contributed by atoms with Crippen molar-refractivity contribution in [2.75, 3.05) is 13.1 Å². The van der Waals surface area contributed by atoms with Crippen LogP contribution in [0.15, 0.2) is 0 Å². The second kappa shape index (κ2) is 3.35. The lowest BCUT2D eigenvalue weighted by atomic mass is 9.97. The molecule has 1 unspecified atom stereocenters. The minimum atomic E-state index is -0.386. The fourth-order valence-electron chi connectivity index (χ4n) is 1.26. The Morgan fingerprint density at radius 3 is 3.00 bits per heavy atom. The molecular weight excluding hydrogens is 154 g/mol. The van der Waals surface area contributed by atoms with Crippen LogP contribution in [0.5, 0.6) is 0 Å². The molecule has 1 fully saturated rings. The molecule has 1 aliphatic rings. The van der Waals surface area contributed by atoms with Crippen molar-refractivity contribution in [1.29, 1.82) is 10.7 Å². The molecule has 4 nitrogen and oxygen atoms in total. The molecule has 0 bridgehead atoms. The molecule has 1 saturated heterocycles. The number of hydrogen-bond acceptors (Lipinski definition) is 3. The maximum atomic E-state index is 10.9. The molecule has 0 aromatic rings. The highest BCUT2D eigenvalue weighted by atomic mass is 16.2. The summed E-state index contributed by atoms with van der Waals surface area (Å²) in [6, 6.07) is 2.02. The van der Waals surface area contributed by atoms with Crippen LogP contribution in [0.25, 0.3) is 0 Å². The molecule has 1 aliphatic heterocycles. The Morgan fingerprint density at radius 1 is 1.83 bits per heavy atom. The first-order valence-corrected chi connectivity index (χ1v) is 3.87. The molecule has 0 spiro atoms. The van der Waals surface area contributed by atoms with E-state index in [1.165, 1.54) is 6.92 Å². The van der Waals surface area contributed by atoms with Crippen LogP contribution < -0.4 is 0 Å². The van der Waals surface area contributed by atoms with Gasteiger partial charge in [-0.1, -0.05) is 0 Å². The minimum Gasteiger partial charge on any atom is -0.341 e. The van der Waals surface area contributed by atoms with Crippen LogP contribution in [0.4, 0.5) is 0 Å². The van der Waals surface area contributed by atoms with Gasteiger partial charge in [0.25, 0.3) is 0 Å². The fraction of sp³-hybridized carbons (Fsp3) is 0.625. The molecule has 4 heteroatoms. The quantitative estimate of drug-likeness (QED) is 0.564. The second-order valence-corrected chi connectivity index (χ2v) is 2.92. The third-order valence-electron chi connectivity index (χ3n) is 2.08. The van der Waals surface area contributed by atoms with Crippen LogP contribution in [0, 0.1) is 22.7 Å². The van der Waals surface area contributed by atoms with E-state index in [0.29, 0.717) is 25.2 Å². The Labute approximate surface area is 71.3 Å². The van der Waals surface area contributed by atoms with E-state index in [0.717, 1.165) is 0 Å². The van der Waals surface area contributed by atoms with E-state index in [2.05, 4.69) is 0 Å². The van der Waals surface area contributed by atoms with Gasteiger partial charge in [-0.15, -0.1) is 0 Å². The van der Waals surface area contributed by atoms with Crippen molar-refractivity contribution in [1.82, 2.24) is 4.90 Å². The first kappa shape index (κ1) is 8.72. The summed E-state index contributed by atoms with van der Waals surface area (Å²) >= 11 is 0. The van der Waals surface area contributed by atoms with E-state index in [-0.39, 0.29) is 11.8 Å². The summed E-state index contributed by atoms with van der Waals surface area (Å²) in [6.45, 7) is 2.47. The number of carbonyl (C=O) groups is 1. The largest absolute Gasteiger partial charge is 0.341 e. The Balaban J connectivity index is 2.63. The van der Waals surface area contributed by atoms with Gasteiger partial charge in [0.15, 0.2) is 0 Å². The number of hydrogen-bond donors (Lipinski definition) is 1. The van der Waals surface area contributed by atoms with Gasteiger partial charge >= 0.3 is 0 Å². The SMILES string of the molecule is CC(=O)N1CCC(=N)C(C#N)C1. The molecule has 1 atom stereocenters. The summed E-state index contributed by atoms with van der Waals surface area (Å²) in [5.41, 5.74) is 0.454. The molecule has 1 rings (SSSR count). The van der Waals surface area contributed by atoms with Crippen molar-refractivity contribution in [3.05, 3.63) is 0 Å². The average molecular weight is 165 g/mol. The van der Waals surface area contributed by atoms with Gasteiger partial charge in [-0.05, 0) is 0 Å². The highest BCUT2D eigenvalue weighted by Crippen LogP contribution is 2.12. The van der Waals surface area contributed by atoms with Gasteiger partial charge in [-0.25, -0.2) is 0 Å². The first-order valence-electron chi connectivity index (χ1n) is 3.87. The molecule has 1 amide bonds.